The van der Waals surface area contributed by atoms with Crippen molar-refractivity contribution in [1.29, 1.82) is 5.26 Å². The van der Waals surface area contributed by atoms with Crippen molar-refractivity contribution in [2.24, 2.45) is 44.6 Å². The van der Waals surface area contributed by atoms with Gasteiger partial charge >= 0.3 is 0 Å². The number of fused-ring (bicyclic) bond motifs is 3. The molecule has 12 rings (SSSR count). The third kappa shape index (κ3) is 15.0. The van der Waals surface area contributed by atoms with E-state index in [4.69, 9.17) is 11.0 Å². The molecule has 0 bridgehead atoms. The molecule has 0 spiro atoms. The van der Waals surface area contributed by atoms with E-state index >= 15 is 0 Å². The van der Waals surface area contributed by atoms with Gasteiger partial charge in [0.15, 0.2) is 17.5 Å². The van der Waals surface area contributed by atoms with E-state index < -0.39 is 0 Å². The molecule has 6 aromatic rings. The Morgan fingerprint density at radius 1 is 0.518 bits per heavy atom. The van der Waals surface area contributed by atoms with Gasteiger partial charge in [0.2, 0.25) is 23.6 Å². The van der Waals surface area contributed by atoms with Crippen molar-refractivity contribution >= 4 is 73.8 Å². The number of aliphatic hydroxyl groups is 1. The van der Waals surface area contributed by atoms with E-state index in [1.807, 2.05) is 48.2 Å². The van der Waals surface area contributed by atoms with Crippen LogP contribution in [0.3, 0.4) is 0 Å². The van der Waals surface area contributed by atoms with E-state index in [9.17, 15) is 24.3 Å². The number of primary amides is 1. The lowest BCUT2D eigenvalue weighted by molar-refractivity contribution is -0.124. The van der Waals surface area contributed by atoms with Crippen LogP contribution >= 0.6 is 0 Å². The van der Waals surface area contributed by atoms with E-state index in [2.05, 4.69) is 130 Å². The Hall–Kier alpha value is -7.32. The van der Waals surface area contributed by atoms with Crippen molar-refractivity contribution in [3.05, 3.63) is 71.3 Å². The normalized spacial score (nSPS) is 23.2. The van der Waals surface area contributed by atoms with Gasteiger partial charge in [-0.2, -0.15) is 20.6 Å². The molecule has 3 aliphatic carbocycles. The molecule has 3 aromatic carbocycles. The van der Waals surface area contributed by atoms with Crippen LogP contribution in [0.15, 0.2) is 54.6 Å². The quantitative estimate of drug-likeness (QED) is 0.0600. The topological polar surface area (TPSA) is 274 Å². The van der Waals surface area contributed by atoms with Crippen LogP contribution in [0.1, 0.15) is 93.7 Å². The molecule has 0 atom stereocenters. The Morgan fingerprint density at radius 2 is 0.835 bits per heavy atom. The fourth-order valence-electron chi connectivity index (χ4n) is 13.6. The molecule has 3 saturated heterocycles. The first kappa shape index (κ1) is 60.8. The van der Waals surface area contributed by atoms with E-state index in [1.54, 1.807) is 0 Å². The average Bonchev–Trinajstić information content (AvgIpc) is 4.21. The Balaban J connectivity index is 0.000000142. The zero-order valence-electron chi connectivity index (χ0n) is 50.6. The molecule has 85 heavy (non-hydrogen) atoms. The Morgan fingerprint density at radius 3 is 1.14 bits per heavy atom. The summed E-state index contributed by atoms with van der Waals surface area (Å²) in [6.07, 6.45) is 12.6. The molecule has 0 unspecified atom stereocenters. The molecule has 22 heteroatoms. The smallest absolute Gasteiger partial charge is 0.239 e. The highest BCUT2D eigenvalue weighted by atomic mass is 16.3. The molecule has 456 valence electrons. The first-order valence-corrected chi connectivity index (χ1v) is 30.9. The van der Waals surface area contributed by atoms with Gasteiger partial charge in [0.25, 0.3) is 0 Å². The maximum absolute atomic E-state index is 12.4. The van der Waals surface area contributed by atoms with Crippen LogP contribution in [0, 0.1) is 49.9 Å². The van der Waals surface area contributed by atoms with Gasteiger partial charge in [-0.1, -0.05) is 34.9 Å². The first-order chi connectivity index (χ1) is 41.0. The van der Waals surface area contributed by atoms with Crippen LogP contribution in [0.2, 0.25) is 0 Å². The standard InChI is InChI=1S/C21H30N6O2.C21H28N6O.C21H31N5O2/c1-13-3-8-18-17(9-13)21(25-26(18)2)23-10-19(28)24-15-11-27(12-15)16-6-4-14(5-7-16)20(22)29;1-14-3-8-19-18(9-14)21(25-26(19)2)23-11-20(28)24-16-12-27(13-16)17-6-4-15(10-22)5-7-17;1-14-3-8-19-18(9-14)21(24-25(19)2)22-10-20(28)23-16-11-26(12-16)17-6-4-15(13-27)5-7-17/h3,8-9,14-16H,4-7,10-12H2,1-2H3,(H2,22,29)(H,23,25)(H,24,28);3,8-9,15-17H,4-7,11-13H2,1-2H3,(H,23,25)(H,24,28);3,8-9,15-17,27H,4-7,10-13H2,1-2H3,(H,22,24)(H,23,28). The lowest BCUT2D eigenvalue weighted by Gasteiger charge is -2.46. The summed E-state index contributed by atoms with van der Waals surface area (Å²) in [6.45, 7) is 12.6. The van der Waals surface area contributed by atoms with E-state index in [1.165, 1.54) is 24.0 Å². The van der Waals surface area contributed by atoms with Crippen molar-refractivity contribution in [1.82, 2.24) is 60.0 Å². The number of hydrogen-bond donors (Lipinski definition) is 8. The molecular weight excluding hydrogens is 1070 g/mol. The van der Waals surface area contributed by atoms with Crippen LogP contribution in [0.25, 0.3) is 32.7 Å². The molecule has 0 radical (unpaired) electrons. The SMILES string of the molecule is Cc1ccc2c(c1)c(NCC(=O)NC1CN(C3CCC(C#N)CC3)C1)nn2C.Cc1ccc2c(c1)c(NCC(=O)NC1CN(C3CCC(C(N)=O)CC3)C1)nn2C.Cc1ccc2c(c1)c(NCC(=O)NC1CN(C3CCC(CO)CC3)C1)nn2C. The molecule has 3 saturated carbocycles. The highest BCUT2D eigenvalue weighted by Crippen LogP contribution is 2.33. The molecule has 3 aromatic heterocycles. The number of aromatic nitrogens is 6. The number of aliphatic hydroxyl groups excluding tert-OH is 1. The Labute approximate surface area is 498 Å². The van der Waals surface area contributed by atoms with Gasteiger partial charge in [0.1, 0.15) is 0 Å². The fraction of sp³-hybridized carbons (Fsp3) is 0.587. The molecule has 6 heterocycles. The number of rotatable bonds is 17. The zero-order chi connectivity index (χ0) is 59.9. The zero-order valence-corrected chi connectivity index (χ0v) is 50.6. The van der Waals surface area contributed by atoms with Crippen molar-refractivity contribution in [3.8, 4) is 6.07 Å². The minimum atomic E-state index is -0.166. The number of hydrogen-bond acceptors (Lipinski definition) is 15. The molecule has 6 aliphatic rings. The number of anilines is 3. The predicted molar refractivity (Wildman–Crippen MR) is 331 cm³/mol. The fourth-order valence-corrected chi connectivity index (χ4v) is 13.6. The second-order valence-corrected chi connectivity index (χ2v) is 25.1. The van der Waals surface area contributed by atoms with Crippen molar-refractivity contribution < 1.29 is 24.3 Å². The highest BCUT2D eigenvalue weighted by molar-refractivity contribution is 5.94. The number of nitrogens with two attached hydrogens (primary N) is 1. The summed E-state index contributed by atoms with van der Waals surface area (Å²) < 4.78 is 5.50. The number of aryl methyl sites for hydroxylation is 6. The molecular formula is C63H89N17O5. The van der Waals surface area contributed by atoms with Gasteiger partial charge in [-0.25, -0.2) is 0 Å². The third-order valence-corrected chi connectivity index (χ3v) is 18.7. The maximum Gasteiger partial charge on any atom is 0.239 e. The number of nitrogens with zero attached hydrogens (tertiary/aromatic N) is 10. The highest BCUT2D eigenvalue weighted by Gasteiger charge is 2.38. The summed E-state index contributed by atoms with van der Waals surface area (Å²) >= 11 is 0. The predicted octanol–water partition coefficient (Wildman–Crippen LogP) is 4.96. The summed E-state index contributed by atoms with van der Waals surface area (Å²) in [7, 11) is 5.73. The molecule has 22 nitrogen and oxygen atoms in total. The molecule has 9 N–H and O–H groups in total. The Bertz CT molecular complexity index is 3340. The van der Waals surface area contributed by atoms with Gasteiger partial charge in [-0.3, -0.25) is 47.9 Å². The van der Waals surface area contributed by atoms with Gasteiger partial charge in [-0.15, -0.1) is 0 Å². The molecule has 6 fully saturated rings. The third-order valence-electron chi connectivity index (χ3n) is 18.7. The van der Waals surface area contributed by atoms with E-state index in [-0.39, 0.29) is 73.2 Å². The second-order valence-electron chi connectivity index (χ2n) is 25.1. The number of nitriles is 1. The monoisotopic (exact) mass is 1160 g/mol. The molecule has 3 aliphatic heterocycles. The van der Waals surface area contributed by atoms with Crippen LogP contribution in [-0.4, -0.2) is 175 Å². The summed E-state index contributed by atoms with van der Waals surface area (Å²) in [5.74, 6) is 2.86. The van der Waals surface area contributed by atoms with Gasteiger partial charge < -0.3 is 42.7 Å². The van der Waals surface area contributed by atoms with Crippen LogP contribution in [-0.2, 0) is 40.3 Å². The number of nitrogens with one attached hydrogen (secondary N) is 6. The summed E-state index contributed by atoms with van der Waals surface area (Å²) in [6, 6.07) is 23.4. The van der Waals surface area contributed by atoms with Crippen molar-refractivity contribution in [2.75, 3.05) is 81.5 Å². The number of likely N-dealkylation sites (tertiary alicyclic amines) is 3. The van der Waals surface area contributed by atoms with Gasteiger partial charge in [0.05, 0.1) is 60.4 Å². The van der Waals surface area contributed by atoms with Crippen LogP contribution in [0.4, 0.5) is 17.5 Å². The number of carbonyl (C=O) groups excluding carboxylic acids is 4. The van der Waals surface area contributed by atoms with Crippen molar-refractivity contribution in [3.63, 3.8) is 0 Å². The largest absolute Gasteiger partial charge is 0.396 e. The molecule has 4 amide bonds. The minimum Gasteiger partial charge on any atom is -0.396 e. The number of amides is 4. The summed E-state index contributed by atoms with van der Waals surface area (Å²) in [5, 5.41) is 53.8. The van der Waals surface area contributed by atoms with Crippen LogP contribution in [0.5, 0.6) is 0 Å². The summed E-state index contributed by atoms with van der Waals surface area (Å²) in [5.41, 5.74) is 12.1. The van der Waals surface area contributed by atoms with E-state index in [0.717, 1.165) is 159 Å². The second kappa shape index (κ2) is 27.4. The first-order valence-electron chi connectivity index (χ1n) is 30.9. The number of benzene rings is 3. The Kier molecular flexibility index (Phi) is 19.6. The van der Waals surface area contributed by atoms with Gasteiger partial charge in [0, 0.05) is 113 Å². The maximum atomic E-state index is 12.4. The lowest BCUT2D eigenvalue weighted by atomic mass is 9.83. The number of carbonyl (C=O) groups is 4. The van der Waals surface area contributed by atoms with Crippen molar-refractivity contribution in [2.45, 2.75) is 134 Å². The van der Waals surface area contributed by atoms with E-state index in [0.29, 0.717) is 30.7 Å². The van der Waals surface area contributed by atoms with Gasteiger partial charge in [-0.05, 0) is 140 Å². The lowest BCUT2D eigenvalue weighted by Crippen LogP contribution is -2.63. The average molecular weight is 1160 g/mol. The minimum absolute atomic E-state index is 0.00398. The van der Waals surface area contributed by atoms with Crippen LogP contribution < -0.4 is 37.6 Å². The summed E-state index contributed by atoms with van der Waals surface area (Å²) in [4.78, 5) is 55.6.